The van der Waals surface area contributed by atoms with Gasteiger partial charge in [0.05, 0.1) is 11.9 Å². The minimum atomic E-state index is -0.262. The molecule has 3 aromatic rings. The average Bonchev–Trinajstić information content (AvgIpc) is 3.31. The summed E-state index contributed by atoms with van der Waals surface area (Å²) in [6, 6.07) is 9.67. The lowest BCUT2D eigenvalue weighted by atomic mass is 9.91. The maximum atomic E-state index is 13.1. The smallest absolute Gasteiger partial charge is 0.289 e. The molecular formula is C19H17BrFN3O2. The van der Waals surface area contributed by atoms with Crippen LogP contribution in [0.25, 0.3) is 5.69 Å². The van der Waals surface area contributed by atoms with Gasteiger partial charge in [-0.3, -0.25) is 4.79 Å². The van der Waals surface area contributed by atoms with Gasteiger partial charge in [0.25, 0.3) is 5.91 Å². The van der Waals surface area contributed by atoms with Gasteiger partial charge in [-0.2, -0.15) is 5.10 Å². The summed E-state index contributed by atoms with van der Waals surface area (Å²) in [5, 5.41) is 4.39. The second-order valence-electron chi connectivity index (χ2n) is 6.36. The minimum absolute atomic E-state index is 0.0730. The number of nitrogens with zero attached hydrogens (tertiary/aromatic N) is 3. The third kappa shape index (κ3) is 3.44. The van der Waals surface area contributed by atoms with Crippen molar-refractivity contribution in [3.63, 3.8) is 0 Å². The van der Waals surface area contributed by atoms with Gasteiger partial charge >= 0.3 is 0 Å². The van der Waals surface area contributed by atoms with Crippen molar-refractivity contribution >= 4 is 21.8 Å². The summed E-state index contributed by atoms with van der Waals surface area (Å²) in [5.74, 6) is 0.383. The van der Waals surface area contributed by atoms with Crippen LogP contribution in [0.1, 0.15) is 34.9 Å². The first kappa shape index (κ1) is 17.0. The molecule has 0 atom stereocenters. The zero-order valence-electron chi connectivity index (χ0n) is 13.9. The van der Waals surface area contributed by atoms with E-state index >= 15 is 0 Å². The number of benzene rings is 1. The van der Waals surface area contributed by atoms with Crippen molar-refractivity contribution in [3.8, 4) is 5.69 Å². The van der Waals surface area contributed by atoms with E-state index in [1.807, 2.05) is 17.3 Å². The molecule has 1 fully saturated rings. The lowest BCUT2D eigenvalue weighted by Crippen LogP contribution is -2.37. The number of likely N-dealkylation sites (tertiary alicyclic amines) is 1. The van der Waals surface area contributed by atoms with Crippen LogP contribution >= 0.6 is 15.9 Å². The zero-order chi connectivity index (χ0) is 18.1. The fourth-order valence-corrected chi connectivity index (χ4v) is 3.59. The van der Waals surface area contributed by atoms with E-state index in [-0.39, 0.29) is 11.7 Å². The maximum absolute atomic E-state index is 13.1. The van der Waals surface area contributed by atoms with Crippen LogP contribution in [0.5, 0.6) is 0 Å². The maximum Gasteiger partial charge on any atom is 0.289 e. The average molecular weight is 418 g/mol. The normalized spacial score (nSPS) is 15.4. The SMILES string of the molecule is O=C(c1ccc(Br)o1)N1CCC(c2cnn(-c3ccc(F)cc3)c2)CC1. The molecule has 0 spiro atoms. The van der Waals surface area contributed by atoms with Crippen molar-refractivity contribution < 1.29 is 13.6 Å². The highest BCUT2D eigenvalue weighted by Gasteiger charge is 2.26. The molecule has 0 unspecified atom stereocenters. The molecule has 5 nitrogen and oxygen atoms in total. The summed E-state index contributed by atoms with van der Waals surface area (Å²) in [6.45, 7) is 1.37. The van der Waals surface area contributed by atoms with Crippen LogP contribution in [0.2, 0.25) is 0 Å². The Morgan fingerprint density at radius 2 is 1.88 bits per heavy atom. The molecule has 4 rings (SSSR count). The van der Waals surface area contributed by atoms with Gasteiger partial charge < -0.3 is 9.32 Å². The van der Waals surface area contributed by atoms with Crippen LogP contribution in [-0.4, -0.2) is 33.7 Å². The van der Waals surface area contributed by atoms with Crippen molar-refractivity contribution in [1.82, 2.24) is 14.7 Å². The van der Waals surface area contributed by atoms with Crippen LogP contribution < -0.4 is 0 Å². The van der Waals surface area contributed by atoms with Crippen molar-refractivity contribution in [1.29, 1.82) is 0 Å². The molecule has 0 N–H and O–H groups in total. The highest BCUT2D eigenvalue weighted by molar-refractivity contribution is 9.10. The van der Waals surface area contributed by atoms with Gasteiger partial charge in [-0.05, 0) is 76.7 Å². The Balaban J connectivity index is 1.40. The Morgan fingerprint density at radius 3 is 2.54 bits per heavy atom. The van der Waals surface area contributed by atoms with Crippen LogP contribution in [0.15, 0.2) is 57.9 Å². The van der Waals surface area contributed by atoms with Crippen LogP contribution in [0.4, 0.5) is 4.39 Å². The molecule has 1 saturated heterocycles. The first-order chi connectivity index (χ1) is 12.6. The van der Waals surface area contributed by atoms with Crippen LogP contribution in [0, 0.1) is 5.82 Å². The molecule has 1 aliphatic rings. The molecule has 1 aromatic carbocycles. The van der Waals surface area contributed by atoms with Gasteiger partial charge in [-0.25, -0.2) is 9.07 Å². The molecule has 0 saturated carbocycles. The summed E-state index contributed by atoms with van der Waals surface area (Å²) < 4.78 is 20.7. The number of rotatable bonds is 3. The Kier molecular flexibility index (Phi) is 4.63. The fraction of sp³-hybridized carbons (Fsp3) is 0.263. The lowest BCUT2D eigenvalue weighted by molar-refractivity contribution is 0.0679. The van der Waals surface area contributed by atoms with Crippen LogP contribution in [-0.2, 0) is 0 Å². The zero-order valence-corrected chi connectivity index (χ0v) is 15.5. The summed E-state index contributed by atoms with van der Waals surface area (Å²) in [5.41, 5.74) is 1.97. The monoisotopic (exact) mass is 417 g/mol. The molecule has 2 aromatic heterocycles. The van der Waals surface area contributed by atoms with Gasteiger partial charge in [0.15, 0.2) is 10.4 Å². The Labute approximate surface area is 158 Å². The number of hydrogen-bond acceptors (Lipinski definition) is 3. The summed E-state index contributed by atoms with van der Waals surface area (Å²) >= 11 is 3.22. The van der Waals surface area contributed by atoms with E-state index in [9.17, 15) is 9.18 Å². The molecule has 3 heterocycles. The van der Waals surface area contributed by atoms with E-state index < -0.39 is 0 Å². The summed E-state index contributed by atoms with van der Waals surface area (Å²) in [6.07, 6.45) is 5.60. The number of aromatic nitrogens is 2. The summed E-state index contributed by atoms with van der Waals surface area (Å²) in [4.78, 5) is 14.3. The highest BCUT2D eigenvalue weighted by atomic mass is 79.9. The quantitative estimate of drug-likeness (QED) is 0.634. The standard InChI is InChI=1S/C19H17BrFN3O2/c20-18-6-5-17(26-18)19(25)23-9-7-13(8-10-23)14-11-22-24(12-14)16-3-1-15(21)2-4-16/h1-6,11-13H,7-10H2. The number of carbonyl (C=O) groups is 1. The molecular weight excluding hydrogens is 401 g/mol. The Morgan fingerprint density at radius 1 is 1.15 bits per heavy atom. The van der Waals surface area contributed by atoms with E-state index in [0.717, 1.165) is 24.1 Å². The fourth-order valence-electron chi connectivity index (χ4n) is 3.28. The molecule has 0 radical (unpaired) electrons. The van der Waals surface area contributed by atoms with Crippen molar-refractivity contribution in [2.24, 2.45) is 0 Å². The summed E-state index contributed by atoms with van der Waals surface area (Å²) in [7, 11) is 0. The number of piperidine rings is 1. The molecule has 0 aliphatic carbocycles. The van der Waals surface area contributed by atoms with Crippen molar-refractivity contribution in [2.75, 3.05) is 13.1 Å². The molecule has 7 heteroatoms. The molecule has 1 amide bonds. The number of hydrogen-bond donors (Lipinski definition) is 0. The largest absolute Gasteiger partial charge is 0.444 e. The lowest BCUT2D eigenvalue weighted by Gasteiger charge is -2.31. The van der Waals surface area contributed by atoms with Crippen LogP contribution in [0.3, 0.4) is 0 Å². The van der Waals surface area contributed by atoms with E-state index in [1.54, 1.807) is 28.9 Å². The van der Waals surface area contributed by atoms with E-state index in [0.29, 0.717) is 29.4 Å². The van der Waals surface area contributed by atoms with E-state index in [2.05, 4.69) is 21.0 Å². The Bertz CT molecular complexity index is 911. The molecule has 134 valence electrons. The van der Waals surface area contributed by atoms with E-state index in [1.165, 1.54) is 12.1 Å². The van der Waals surface area contributed by atoms with Gasteiger partial charge in [-0.1, -0.05) is 0 Å². The third-order valence-corrected chi connectivity index (χ3v) is 5.16. The third-order valence-electron chi connectivity index (χ3n) is 4.73. The molecule has 1 aliphatic heterocycles. The van der Waals surface area contributed by atoms with Gasteiger partial charge in [0.1, 0.15) is 5.82 Å². The molecule has 0 bridgehead atoms. The van der Waals surface area contributed by atoms with Crippen molar-refractivity contribution in [2.45, 2.75) is 18.8 Å². The number of furan rings is 1. The van der Waals surface area contributed by atoms with Gasteiger partial charge in [0.2, 0.25) is 0 Å². The minimum Gasteiger partial charge on any atom is -0.444 e. The van der Waals surface area contributed by atoms with Crippen molar-refractivity contribution in [3.05, 3.63) is 70.6 Å². The van der Waals surface area contributed by atoms with Gasteiger partial charge in [0, 0.05) is 19.3 Å². The van der Waals surface area contributed by atoms with Gasteiger partial charge in [-0.15, -0.1) is 0 Å². The second-order valence-corrected chi connectivity index (χ2v) is 7.15. The second kappa shape index (κ2) is 7.07. The van der Waals surface area contributed by atoms with E-state index in [4.69, 9.17) is 4.42 Å². The number of halogens is 2. The first-order valence-corrected chi connectivity index (χ1v) is 9.24. The number of carbonyl (C=O) groups excluding carboxylic acids is 1. The number of amides is 1. The Hall–Kier alpha value is -2.41. The predicted octanol–water partition coefficient (Wildman–Crippen LogP) is 4.39. The molecule has 26 heavy (non-hydrogen) atoms. The highest BCUT2D eigenvalue weighted by Crippen LogP contribution is 2.29. The topological polar surface area (TPSA) is 51.3 Å². The predicted molar refractivity (Wildman–Crippen MR) is 97.8 cm³/mol. The first-order valence-electron chi connectivity index (χ1n) is 8.45.